The minimum Gasteiger partial charge on any atom is -0.266 e. The maximum atomic E-state index is 11.5. The first kappa shape index (κ1) is 67.8. The molecular formula is C69H83N17O3S+6. The van der Waals surface area contributed by atoms with Gasteiger partial charge in [0.15, 0.2) is 87.5 Å². The third kappa shape index (κ3) is 24.8. The number of aromatic nitrogens is 8. The van der Waals surface area contributed by atoms with Gasteiger partial charge in [-0.1, -0.05) is 58.7 Å². The highest BCUT2D eigenvalue weighted by molar-refractivity contribution is 7.86. The summed E-state index contributed by atoms with van der Waals surface area (Å²) in [5.41, 5.74) is 35.5. The van der Waals surface area contributed by atoms with Crippen LogP contribution in [0.4, 0.5) is 0 Å². The molecular weight excluding hydrogens is 1150 g/mol. The van der Waals surface area contributed by atoms with Crippen molar-refractivity contribution >= 4 is 10.1 Å². The summed E-state index contributed by atoms with van der Waals surface area (Å²) in [6, 6.07) is 40.4. The van der Waals surface area contributed by atoms with E-state index in [9.17, 15) is 8.42 Å². The summed E-state index contributed by atoms with van der Waals surface area (Å²) in [7, 11) is -3.74. The van der Waals surface area contributed by atoms with E-state index in [0.29, 0.717) is 26.2 Å². The Morgan fingerprint density at radius 2 is 0.589 bits per heavy atom. The molecule has 0 radical (unpaired) electrons. The molecule has 462 valence electrons. The smallest absolute Gasteiger partial charge is 0.266 e. The highest BCUT2D eigenvalue weighted by Crippen LogP contribution is 2.20. The zero-order chi connectivity index (χ0) is 63.1. The van der Waals surface area contributed by atoms with Gasteiger partial charge in [0.1, 0.15) is 26.2 Å². The van der Waals surface area contributed by atoms with E-state index in [1.807, 2.05) is 65.6 Å². The summed E-state index contributed by atoms with van der Waals surface area (Å²) in [4.78, 5) is 16.4. The predicted molar refractivity (Wildman–Crippen MR) is 346 cm³/mol. The van der Waals surface area contributed by atoms with Gasteiger partial charge in [0.05, 0.1) is 31.1 Å². The highest BCUT2D eigenvalue weighted by atomic mass is 32.2. The fraction of sp³-hybridized carbons (Fsp3) is 0.333. The standard InChI is InChI=1S/C32H40N10.C28H32N4.C9H11N3O3S/c33-37-35-15-27-41-23-11-31(12-24-41)29-7-19-39(20-8-29)17-5-3-1-2-4-6-18-40-21-9-30(10-22-40)32-13-25-42(26-14-32)28-16-36-38-34;1(3-5-19-31-21-11-27(12-22-31)25-7-15-29-16-8-25)2-4-6-20-32-23-13-28(14-24-32)26-9-17-30-18-10-26;1-8-2-4-9(5-3-8)16(13,14)15-7-6-11-12-10/h7-14,19-26H,1-6,15-18,27-28H2;7-18,21-24H,1-6,19-20H2;2-5H,6-7H2,1H3/q+4;+2;. The van der Waals surface area contributed by atoms with Gasteiger partial charge in [-0.15, -0.1) is 0 Å². The van der Waals surface area contributed by atoms with Gasteiger partial charge in [0.2, 0.25) is 0 Å². The lowest BCUT2D eigenvalue weighted by atomic mass is 10.1. The molecule has 0 saturated carbocycles. The van der Waals surface area contributed by atoms with Crippen molar-refractivity contribution in [1.82, 2.24) is 9.97 Å². The molecule has 0 amide bonds. The Morgan fingerprint density at radius 1 is 0.344 bits per heavy atom. The molecule has 0 aliphatic heterocycles. The number of rotatable bonds is 33. The van der Waals surface area contributed by atoms with Crippen LogP contribution in [0.25, 0.3) is 75.8 Å². The Labute approximate surface area is 529 Å². The normalized spacial score (nSPS) is 10.7. The molecule has 8 heterocycles. The van der Waals surface area contributed by atoms with Crippen molar-refractivity contribution in [2.24, 2.45) is 15.3 Å². The molecule has 0 aliphatic rings. The van der Waals surface area contributed by atoms with Crippen LogP contribution in [0, 0.1) is 6.92 Å². The third-order valence-corrected chi connectivity index (χ3v) is 16.4. The van der Waals surface area contributed by atoms with Crippen LogP contribution in [0.1, 0.15) is 82.6 Å². The Hall–Kier alpha value is -9.74. The second-order valence-electron chi connectivity index (χ2n) is 21.6. The summed E-state index contributed by atoms with van der Waals surface area (Å²) in [6.45, 7) is 8.27. The largest absolute Gasteiger partial charge is 0.296 e. The number of unbranched alkanes of at least 4 members (excludes halogenated alkanes) is 10. The van der Waals surface area contributed by atoms with Crippen molar-refractivity contribution in [2.45, 2.75) is 128 Å². The maximum Gasteiger partial charge on any atom is 0.296 e. The fourth-order valence-electron chi connectivity index (χ4n) is 9.89. The van der Waals surface area contributed by atoms with Crippen molar-refractivity contribution in [3.05, 3.63) is 257 Å². The Bertz CT molecular complexity index is 3550. The molecule has 9 aromatic rings. The van der Waals surface area contributed by atoms with E-state index in [0.717, 1.165) is 31.7 Å². The van der Waals surface area contributed by atoms with Crippen molar-refractivity contribution in [3.8, 4) is 44.5 Å². The Morgan fingerprint density at radius 3 is 0.867 bits per heavy atom. The number of azide groups is 3. The van der Waals surface area contributed by atoms with E-state index in [1.165, 1.54) is 134 Å². The molecule has 0 fully saturated rings. The van der Waals surface area contributed by atoms with Gasteiger partial charge in [0, 0.05) is 138 Å². The molecule has 0 saturated heterocycles. The van der Waals surface area contributed by atoms with Gasteiger partial charge in [0.25, 0.3) is 10.1 Å². The highest BCUT2D eigenvalue weighted by Gasteiger charge is 2.15. The van der Waals surface area contributed by atoms with Crippen molar-refractivity contribution in [3.63, 3.8) is 0 Å². The fourth-order valence-corrected chi connectivity index (χ4v) is 10.8. The molecule has 1 aromatic carbocycles. The average molecular weight is 1230 g/mol. The Balaban J connectivity index is 0.000000211. The minimum atomic E-state index is -3.74. The summed E-state index contributed by atoms with van der Waals surface area (Å²) in [5, 5.41) is 10.3. The van der Waals surface area contributed by atoms with Gasteiger partial charge in [-0.2, -0.15) is 8.42 Å². The lowest BCUT2D eigenvalue weighted by molar-refractivity contribution is -0.697. The molecule has 8 aromatic heterocycles. The molecule has 9 rings (SSSR count). The van der Waals surface area contributed by atoms with E-state index in [2.05, 4.69) is 209 Å². The first-order valence-electron chi connectivity index (χ1n) is 30.9. The number of nitrogens with zero attached hydrogens (tertiary/aromatic N) is 17. The van der Waals surface area contributed by atoms with Crippen LogP contribution in [-0.4, -0.2) is 44.6 Å². The van der Waals surface area contributed by atoms with E-state index >= 15 is 0 Å². The second kappa shape index (κ2) is 39.2. The number of pyridine rings is 8. The molecule has 21 heteroatoms. The van der Waals surface area contributed by atoms with E-state index in [-0.39, 0.29) is 18.0 Å². The van der Waals surface area contributed by atoms with Crippen LogP contribution in [0.2, 0.25) is 0 Å². The topological polar surface area (TPSA) is 239 Å². The van der Waals surface area contributed by atoms with Gasteiger partial charge >= 0.3 is 0 Å². The lowest BCUT2D eigenvalue weighted by Crippen LogP contribution is -2.34. The lowest BCUT2D eigenvalue weighted by Gasteiger charge is -2.04. The van der Waals surface area contributed by atoms with Crippen LogP contribution >= 0.6 is 0 Å². The maximum absolute atomic E-state index is 11.5. The average Bonchev–Trinajstić information content (AvgIpc) is 3.79. The third-order valence-electron chi connectivity index (χ3n) is 15.1. The van der Waals surface area contributed by atoms with Crippen LogP contribution < -0.4 is 27.4 Å². The zero-order valence-electron chi connectivity index (χ0n) is 51.6. The quantitative estimate of drug-likeness (QED) is 0.00971. The van der Waals surface area contributed by atoms with Crippen LogP contribution in [0.3, 0.4) is 0 Å². The first-order chi connectivity index (χ1) is 44.2. The summed E-state index contributed by atoms with van der Waals surface area (Å²) < 4.78 is 40.9. The van der Waals surface area contributed by atoms with Crippen LogP contribution in [-0.2, 0) is 53.6 Å². The summed E-state index contributed by atoms with van der Waals surface area (Å²) in [6.07, 6.45) is 48.1. The summed E-state index contributed by atoms with van der Waals surface area (Å²) in [5.74, 6) is 0. The molecule has 0 spiro atoms. The number of aryl methyl sites for hydroxylation is 5. The number of benzene rings is 1. The Kier molecular flexibility index (Phi) is 29.5. The molecule has 0 bridgehead atoms. The van der Waals surface area contributed by atoms with Gasteiger partial charge in [-0.3, -0.25) is 14.2 Å². The number of hydrogen-bond donors (Lipinski definition) is 0. The SMILES string of the molecule is Cc1ccc(S(=O)(=O)OCCN=[N+]=[N-])cc1.[N-]=[N+]=NCC[n+]1ccc(-c2cc[n+](CCCCCCCC[n+]3ccc(-c4cc[n+](CCN=[N+]=[N-])cc4)cc3)cc2)cc1.c1cc(-c2cc[n+](CCCCCCCC[n+]3ccc(-c4ccncc4)cc3)cc2)ccn1. The van der Waals surface area contributed by atoms with Crippen molar-refractivity contribution < 1.29 is 40.0 Å². The van der Waals surface area contributed by atoms with Gasteiger partial charge in [-0.25, -0.2) is 27.4 Å². The summed E-state index contributed by atoms with van der Waals surface area (Å²) >= 11 is 0. The van der Waals surface area contributed by atoms with Crippen LogP contribution in [0.5, 0.6) is 0 Å². The molecule has 0 atom stereocenters. The van der Waals surface area contributed by atoms with E-state index < -0.39 is 10.1 Å². The predicted octanol–water partition coefficient (Wildman–Crippen LogP) is 13.3. The van der Waals surface area contributed by atoms with E-state index in [1.54, 1.807) is 12.1 Å². The minimum absolute atomic E-state index is 0.0123. The molecule has 0 unspecified atom stereocenters. The monoisotopic (exact) mass is 1230 g/mol. The van der Waals surface area contributed by atoms with Crippen molar-refractivity contribution in [1.29, 1.82) is 0 Å². The zero-order valence-corrected chi connectivity index (χ0v) is 52.4. The molecule has 20 nitrogen and oxygen atoms in total. The first-order valence-corrected chi connectivity index (χ1v) is 32.4. The van der Waals surface area contributed by atoms with E-state index in [4.69, 9.17) is 16.6 Å². The second-order valence-corrected chi connectivity index (χ2v) is 23.2. The molecule has 0 aliphatic carbocycles. The molecule has 90 heavy (non-hydrogen) atoms. The van der Waals surface area contributed by atoms with Crippen molar-refractivity contribution in [2.75, 3.05) is 26.2 Å². The molecule has 0 N–H and O–H groups in total. The number of hydrogen-bond acceptors (Lipinski definition) is 8. The van der Waals surface area contributed by atoms with Gasteiger partial charge < -0.3 is 0 Å². The van der Waals surface area contributed by atoms with Gasteiger partial charge in [-0.05, 0) is 130 Å². The van der Waals surface area contributed by atoms with Crippen LogP contribution in [0.15, 0.2) is 241 Å².